The number of hydrogen-bond acceptors (Lipinski definition) is 3. The molecule has 1 aliphatic carbocycles. The van der Waals surface area contributed by atoms with Crippen LogP contribution in [0.5, 0.6) is 5.75 Å². The first-order chi connectivity index (χ1) is 14.1. The number of benzene rings is 2. The zero-order chi connectivity index (χ0) is 20.2. The quantitative estimate of drug-likeness (QED) is 0.550. The Balaban J connectivity index is 1.48. The van der Waals surface area contributed by atoms with Crippen LogP contribution in [-0.2, 0) is 19.8 Å². The molecule has 1 saturated carbocycles. The van der Waals surface area contributed by atoms with Crippen LogP contribution in [0.2, 0.25) is 0 Å². The molecule has 1 atom stereocenters. The molecule has 5 nitrogen and oxygen atoms in total. The van der Waals surface area contributed by atoms with Crippen LogP contribution in [0, 0.1) is 4.77 Å². The number of quaternary nitrogens is 1. The van der Waals surface area contributed by atoms with Gasteiger partial charge < -0.3 is 9.64 Å². The molecule has 0 bridgehead atoms. The van der Waals surface area contributed by atoms with Crippen molar-refractivity contribution in [2.24, 2.45) is 0 Å². The molecule has 0 radical (unpaired) electrons. The fourth-order valence-corrected chi connectivity index (χ4v) is 3.91. The van der Waals surface area contributed by atoms with E-state index in [9.17, 15) is 0 Å². The summed E-state index contributed by atoms with van der Waals surface area (Å²) in [6, 6.07) is 18.9. The highest BCUT2D eigenvalue weighted by molar-refractivity contribution is 7.71. The highest BCUT2D eigenvalue weighted by Crippen LogP contribution is 2.39. The lowest BCUT2D eigenvalue weighted by atomic mass is 10.2. The van der Waals surface area contributed by atoms with Gasteiger partial charge in [-0.25, -0.2) is 0 Å². The van der Waals surface area contributed by atoms with Gasteiger partial charge in [0.25, 0.3) is 0 Å². The highest BCUT2D eigenvalue weighted by Gasteiger charge is 2.30. The fourth-order valence-electron chi connectivity index (χ4n) is 3.65. The minimum absolute atomic E-state index is 0.563. The number of nitrogens with one attached hydrogen (secondary N) is 1. The third kappa shape index (κ3) is 4.95. The van der Waals surface area contributed by atoms with E-state index in [1.54, 1.807) is 0 Å². The molecular formula is C23H29N4OS+. The summed E-state index contributed by atoms with van der Waals surface area (Å²) in [5, 5.41) is 4.92. The van der Waals surface area contributed by atoms with Gasteiger partial charge in [-0.3, -0.25) is 4.57 Å². The van der Waals surface area contributed by atoms with Crippen LogP contribution in [0.3, 0.4) is 0 Å². The first kappa shape index (κ1) is 19.9. The molecule has 2 aromatic carbocycles. The van der Waals surface area contributed by atoms with E-state index in [0.29, 0.717) is 12.5 Å². The van der Waals surface area contributed by atoms with Crippen molar-refractivity contribution in [3.63, 3.8) is 0 Å². The van der Waals surface area contributed by atoms with Crippen molar-refractivity contribution in [3.05, 3.63) is 76.3 Å². The van der Waals surface area contributed by atoms with Gasteiger partial charge in [-0.15, -0.1) is 0 Å². The largest absolute Gasteiger partial charge is 0.494 e. The molecule has 1 aliphatic rings. The third-order valence-corrected chi connectivity index (χ3v) is 5.67. The minimum Gasteiger partial charge on any atom is -0.494 e. The predicted molar refractivity (Wildman–Crippen MR) is 117 cm³/mol. The molecule has 1 unspecified atom stereocenters. The Labute approximate surface area is 177 Å². The maximum absolute atomic E-state index is 5.82. The summed E-state index contributed by atoms with van der Waals surface area (Å²) in [5.74, 6) is 2.63. The Bertz CT molecular complexity index is 990. The van der Waals surface area contributed by atoms with Crippen molar-refractivity contribution in [1.29, 1.82) is 0 Å². The summed E-state index contributed by atoms with van der Waals surface area (Å²) in [6.45, 7) is 5.16. The van der Waals surface area contributed by atoms with E-state index in [0.717, 1.165) is 36.1 Å². The van der Waals surface area contributed by atoms with Crippen LogP contribution >= 0.6 is 12.2 Å². The number of aromatic nitrogens is 3. The lowest BCUT2D eigenvalue weighted by Gasteiger charge is -2.14. The Morgan fingerprint density at radius 3 is 2.45 bits per heavy atom. The van der Waals surface area contributed by atoms with E-state index in [1.807, 2.05) is 29.8 Å². The van der Waals surface area contributed by atoms with E-state index in [4.69, 9.17) is 22.1 Å². The van der Waals surface area contributed by atoms with Crippen molar-refractivity contribution in [1.82, 2.24) is 14.3 Å². The normalized spacial score (nSPS) is 14.7. The molecule has 0 saturated heterocycles. The van der Waals surface area contributed by atoms with Crippen LogP contribution in [0.4, 0.5) is 0 Å². The van der Waals surface area contributed by atoms with Crippen LogP contribution in [0.1, 0.15) is 42.6 Å². The van der Waals surface area contributed by atoms with Crippen molar-refractivity contribution in [2.45, 2.75) is 45.4 Å². The molecular weight excluding hydrogens is 380 g/mol. The summed E-state index contributed by atoms with van der Waals surface area (Å²) in [7, 11) is 2.19. The van der Waals surface area contributed by atoms with Gasteiger partial charge in [0.15, 0.2) is 6.67 Å². The van der Waals surface area contributed by atoms with Gasteiger partial charge >= 0.3 is 0 Å². The van der Waals surface area contributed by atoms with Gasteiger partial charge in [-0.2, -0.15) is 9.78 Å². The number of nitrogens with zero attached hydrogens (tertiary/aromatic N) is 3. The molecule has 152 valence electrons. The van der Waals surface area contributed by atoms with Crippen molar-refractivity contribution >= 4 is 12.2 Å². The Morgan fingerprint density at radius 1 is 1.07 bits per heavy atom. The second-order valence-electron chi connectivity index (χ2n) is 7.86. The van der Waals surface area contributed by atoms with Crippen molar-refractivity contribution in [2.75, 3.05) is 13.7 Å². The standard InChI is InChI=1S/C23H28N4OS/c1-3-28-21-13-9-19(10-14-21)15-25(2)17-27-23(29)26(22(24-27)20-11-12-20)16-18-7-5-4-6-8-18/h4-10,13-14,20H,3,11-12,15-17H2,1-2H3/p+1. The monoisotopic (exact) mass is 409 g/mol. The molecule has 1 N–H and O–H groups in total. The molecule has 0 amide bonds. The topological polar surface area (TPSA) is 36.4 Å². The molecule has 1 aromatic heterocycles. The van der Waals surface area contributed by atoms with E-state index < -0.39 is 0 Å². The van der Waals surface area contributed by atoms with Crippen LogP contribution < -0.4 is 9.64 Å². The summed E-state index contributed by atoms with van der Waals surface area (Å²) >= 11 is 5.82. The van der Waals surface area contributed by atoms with E-state index in [2.05, 4.69) is 48.0 Å². The van der Waals surface area contributed by atoms with Crippen LogP contribution in [0.25, 0.3) is 0 Å². The first-order valence-corrected chi connectivity index (χ1v) is 10.8. The van der Waals surface area contributed by atoms with Gasteiger partial charge in [-0.1, -0.05) is 30.3 Å². The maximum Gasteiger partial charge on any atom is 0.203 e. The van der Waals surface area contributed by atoms with Gasteiger partial charge in [0, 0.05) is 11.5 Å². The average Bonchev–Trinajstić information content (AvgIpc) is 3.52. The number of ether oxygens (including phenoxy) is 1. The van der Waals surface area contributed by atoms with Gasteiger partial charge in [0.05, 0.1) is 20.2 Å². The van der Waals surface area contributed by atoms with Crippen molar-refractivity contribution < 1.29 is 9.64 Å². The summed E-state index contributed by atoms with van der Waals surface area (Å²) in [4.78, 5) is 1.34. The molecule has 6 heteroatoms. The molecule has 1 heterocycles. The fraction of sp³-hybridized carbons (Fsp3) is 0.391. The second kappa shape index (κ2) is 8.93. The molecule has 1 fully saturated rings. The van der Waals surface area contributed by atoms with E-state index in [1.165, 1.54) is 28.9 Å². The van der Waals surface area contributed by atoms with Crippen LogP contribution in [0.15, 0.2) is 54.6 Å². The van der Waals surface area contributed by atoms with Gasteiger partial charge in [0.2, 0.25) is 4.77 Å². The molecule has 4 rings (SSSR count). The number of rotatable bonds is 9. The lowest BCUT2D eigenvalue weighted by Crippen LogP contribution is -3.07. The van der Waals surface area contributed by atoms with E-state index in [-0.39, 0.29) is 0 Å². The Hall–Kier alpha value is -2.44. The zero-order valence-electron chi connectivity index (χ0n) is 17.2. The molecule has 0 aliphatic heterocycles. The molecule has 29 heavy (non-hydrogen) atoms. The SMILES string of the molecule is CCOc1ccc(C[NH+](C)Cn2nc(C3CC3)n(Cc3ccccc3)c2=S)cc1. The summed E-state index contributed by atoms with van der Waals surface area (Å²) in [6.07, 6.45) is 2.44. The number of hydrogen-bond donors (Lipinski definition) is 1. The molecule has 3 aromatic rings. The summed E-state index contributed by atoms with van der Waals surface area (Å²) in [5.41, 5.74) is 2.55. The Morgan fingerprint density at radius 2 is 1.79 bits per heavy atom. The highest BCUT2D eigenvalue weighted by atomic mass is 32.1. The first-order valence-electron chi connectivity index (χ1n) is 10.4. The Kier molecular flexibility index (Phi) is 6.11. The predicted octanol–water partition coefficient (Wildman–Crippen LogP) is 3.41. The van der Waals surface area contributed by atoms with Gasteiger partial charge in [-0.05, 0) is 61.8 Å². The second-order valence-corrected chi connectivity index (χ2v) is 8.22. The summed E-state index contributed by atoms with van der Waals surface area (Å²) < 4.78 is 10.6. The van der Waals surface area contributed by atoms with Crippen LogP contribution in [-0.4, -0.2) is 28.0 Å². The minimum atomic E-state index is 0.563. The zero-order valence-corrected chi connectivity index (χ0v) is 18.0. The third-order valence-electron chi connectivity index (χ3n) is 5.24. The maximum atomic E-state index is 5.82. The van der Waals surface area contributed by atoms with E-state index >= 15 is 0 Å². The average molecular weight is 410 g/mol. The smallest absolute Gasteiger partial charge is 0.203 e. The lowest BCUT2D eigenvalue weighted by molar-refractivity contribution is -0.917. The van der Waals surface area contributed by atoms with Crippen molar-refractivity contribution in [3.8, 4) is 5.75 Å². The molecule has 0 spiro atoms. The van der Waals surface area contributed by atoms with Gasteiger partial charge in [0.1, 0.15) is 18.1 Å².